The van der Waals surface area contributed by atoms with E-state index in [4.69, 9.17) is 9.47 Å². The van der Waals surface area contributed by atoms with Crippen LogP contribution in [0.25, 0.3) is 5.65 Å². The van der Waals surface area contributed by atoms with E-state index in [-0.39, 0.29) is 11.2 Å². The fourth-order valence-corrected chi connectivity index (χ4v) is 3.11. The van der Waals surface area contributed by atoms with Crippen molar-refractivity contribution in [2.45, 2.75) is 17.3 Å². The van der Waals surface area contributed by atoms with Crippen LogP contribution >= 0.6 is 11.8 Å². The molecule has 130 valence electrons. The van der Waals surface area contributed by atoms with E-state index in [0.29, 0.717) is 22.3 Å². The molecule has 1 atom stereocenters. The third-order valence-corrected chi connectivity index (χ3v) is 4.64. The Bertz CT molecular complexity index is 896. The van der Waals surface area contributed by atoms with Gasteiger partial charge < -0.3 is 14.8 Å². The highest BCUT2D eigenvalue weighted by atomic mass is 32.2. The topological polar surface area (TPSA) is 77.8 Å². The van der Waals surface area contributed by atoms with Gasteiger partial charge in [-0.1, -0.05) is 17.8 Å². The van der Waals surface area contributed by atoms with Crippen molar-refractivity contribution >= 4 is 29.0 Å². The van der Waals surface area contributed by atoms with Crippen molar-refractivity contribution in [1.82, 2.24) is 14.6 Å². The lowest BCUT2D eigenvalue weighted by atomic mass is 10.2. The molecule has 1 N–H and O–H groups in total. The number of amides is 1. The molecule has 0 radical (unpaired) electrons. The molecule has 25 heavy (non-hydrogen) atoms. The van der Waals surface area contributed by atoms with Crippen molar-refractivity contribution in [3.05, 3.63) is 42.6 Å². The summed E-state index contributed by atoms with van der Waals surface area (Å²) in [6.45, 7) is 1.82. The van der Waals surface area contributed by atoms with Gasteiger partial charge in [0.2, 0.25) is 5.91 Å². The molecule has 1 aromatic carbocycles. The van der Waals surface area contributed by atoms with E-state index < -0.39 is 0 Å². The van der Waals surface area contributed by atoms with Gasteiger partial charge in [-0.2, -0.15) is 0 Å². The smallest absolute Gasteiger partial charge is 0.237 e. The Morgan fingerprint density at radius 3 is 2.72 bits per heavy atom. The number of aromatic nitrogens is 3. The molecule has 2 aromatic heterocycles. The van der Waals surface area contributed by atoms with Crippen molar-refractivity contribution < 1.29 is 14.3 Å². The van der Waals surface area contributed by atoms with Gasteiger partial charge in [0.15, 0.2) is 22.3 Å². The second kappa shape index (κ2) is 7.43. The number of carbonyl (C=O) groups excluding carboxylic acids is 1. The van der Waals surface area contributed by atoms with Gasteiger partial charge in [-0.25, -0.2) is 0 Å². The Morgan fingerprint density at radius 1 is 1.16 bits per heavy atom. The number of rotatable bonds is 6. The zero-order valence-corrected chi connectivity index (χ0v) is 14.9. The monoisotopic (exact) mass is 358 g/mol. The summed E-state index contributed by atoms with van der Waals surface area (Å²) in [5.41, 5.74) is 1.39. The molecule has 0 spiro atoms. The highest BCUT2D eigenvalue weighted by molar-refractivity contribution is 8.00. The maximum atomic E-state index is 12.5. The van der Waals surface area contributed by atoms with Crippen molar-refractivity contribution in [2.75, 3.05) is 19.5 Å². The van der Waals surface area contributed by atoms with Crippen LogP contribution < -0.4 is 14.8 Å². The van der Waals surface area contributed by atoms with Crippen LogP contribution in [0, 0.1) is 0 Å². The number of thioether (sulfide) groups is 1. The Kier molecular flexibility index (Phi) is 5.08. The Morgan fingerprint density at radius 2 is 1.96 bits per heavy atom. The van der Waals surface area contributed by atoms with Crippen molar-refractivity contribution in [3.8, 4) is 11.5 Å². The summed E-state index contributed by atoms with van der Waals surface area (Å²) in [6, 6.07) is 10.9. The van der Waals surface area contributed by atoms with Crippen LogP contribution in [-0.2, 0) is 4.79 Å². The molecule has 3 rings (SSSR count). The Balaban J connectivity index is 1.70. The molecule has 0 aliphatic heterocycles. The van der Waals surface area contributed by atoms with Crippen LogP contribution in [0.15, 0.2) is 47.8 Å². The summed E-state index contributed by atoms with van der Waals surface area (Å²) in [4.78, 5) is 12.5. The lowest BCUT2D eigenvalue weighted by molar-refractivity contribution is -0.115. The number of methoxy groups -OCH3 is 2. The maximum absolute atomic E-state index is 12.5. The van der Waals surface area contributed by atoms with Gasteiger partial charge in [0.1, 0.15) is 0 Å². The van der Waals surface area contributed by atoms with E-state index in [2.05, 4.69) is 15.5 Å². The third kappa shape index (κ3) is 3.69. The maximum Gasteiger partial charge on any atom is 0.237 e. The van der Waals surface area contributed by atoms with Gasteiger partial charge in [-0.3, -0.25) is 9.20 Å². The number of nitrogens with zero attached hydrogens (tertiary/aromatic N) is 3. The molecular weight excluding hydrogens is 340 g/mol. The largest absolute Gasteiger partial charge is 0.493 e. The number of ether oxygens (including phenoxy) is 2. The first-order chi connectivity index (χ1) is 12.1. The van der Waals surface area contributed by atoms with E-state index in [0.717, 1.165) is 5.65 Å². The number of hydrogen-bond acceptors (Lipinski definition) is 6. The molecule has 0 saturated heterocycles. The second-order valence-corrected chi connectivity index (χ2v) is 6.54. The standard InChI is InChI=1S/C17H18N4O3S/c1-11(25-17-20-19-15-6-4-5-9-21(15)17)16(22)18-12-7-8-13(23-2)14(10-12)24-3/h4-11H,1-3H3,(H,18,22). The molecule has 0 aliphatic carbocycles. The van der Waals surface area contributed by atoms with Gasteiger partial charge >= 0.3 is 0 Å². The van der Waals surface area contributed by atoms with Crippen LogP contribution in [0.1, 0.15) is 6.92 Å². The third-order valence-electron chi connectivity index (χ3n) is 3.58. The van der Waals surface area contributed by atoms with Gasteiger partial charge in [0.05, 0.1) is 19.5 Å². The van der Waals surface area contributed by atoms with Crippen molar-refractivity contribution in [2.24, 2.45) is 0 Å². The van der Waals surface area contributed by atoms with Gasteiger partial charge in [0, 0.05) is 18.0 Å². The number of anilines is 1. The zero-order chi connectivity index (χ0) is 17.8. The molecule has 8 heteroatoms. The van der Waals surface area contributed by atoms with Gasteiger partial charge in [0.25, 0.3) is 0 Å². The van der Waals surface area contributed by atoms with Crippen molar-refractivity contribution in [3.63, 3.8) is 0 Å². The minimum Gasteiger partial charge on any atom is -0.493 e. The molecule has 0 aliphatic rings. The SMILES string of the molecule is COc1ccc(NC(=O)C(C)Sc2nnc3ccccn23)cc1OC. The first-order valence-corrected chi connectivity index (χ1v) is 8.49. The van der Waals surface area contributed by atoms with Gasteiger partial charge in [-0.15, -0.1) is 10.2 Å². The van der Waals surface area contributed by atoms with Crippen LogP contribution in [0.5, 0.6) is 11.5 Å². The molecule has 7 nitrogen and oxygen atoms in total. The molecule has 0 bridgehead atoms. The first kappa shape index (κ1) is 17.1. The summed E-state index contributed by atoms with van der Waals surface area (Å²) in [5, 5.41) is 11.4. The number of benzene rings is 1. The molecule has 1 unspecified atom stereocenters. The predicted octanol–water partition coefficient (Wildman–Crippen LogP) is 2.87. The van der Waals surface area contributed by atoms with Gasteiger partial charge in [-0.05, 0) is 31.2 Å². The highest BCUT2D eigenvalue weighted by Gasteiger charge is 2.18. The summed E-state index contributed by atoms with van der Waals surface area (Å²) < 4.78 is 12.3. The lowest BCUT2D eigenvalue weighted by Gasteiger charge is -2.13. The molecule has 2 heterocycles. The van der Waals surface area contributed by atoms with Crippen molar-refractivity contribution in [1.29, 1.82) is 0 Å². The van der Waals surface area contributed by atoms with E-state index in [9.17, 15) is 4.79 Å². The van der Waals surface area contributed by atoms with Crippen LogP contribution in [0.2, 0.25) is 0 Å². The highest BCUT2D eigenvalue weighted by Crippen LogP contribution is 2.30. The summed E-state index contributed by atoms with van der Waals surface area (Å²) in [6.07, 6.45) is 1.87. The van der Waals surface area contributed by atoms with E-state index >= 15 is 0 Å². The minimum absolute atomic E-state index is 0.134. The minimum atomic E-state index is -0.347. The first-order valence-electron chi connectivity index (χ1n) is 7.61. The van der Waals surface area contributed by atoms with E-state index in [1.165, 1.54) is 11.8 Å². The molecule has 1 amide bonds. The quantitative estimate of drug-likeness (QED) is 0.683. The van der Waals surface area contributed by atoms with Crippen LogP contribution in [0.4, 0.5) is 5.69 Å². The molecule has 3 aromatic rings. The predicted molar refractivity (Wildman–Crippen MR) is 96.5 cm³/mol. The van der Waals surface area contributed by atoms with E-state index in [1.54, 1.807) is 32.4 Å². The Labute approximate surface area is 149 Å². The number of carbonyl (C=O) groups is 1. The normalized spacial score (nSPS) is 12.0. The average Bonchev–Trinajstić information content (AvgIpc) is 3.04. The number of nitrogens with one attached hydrogen (secondary N) is 1. The zero-order valence-electron chi connectivity index (χ0n) is 14.1. The van der Waals surface area contributed by atoms with Crippen LogP contribution in [0.3, 0.4) is 0 Å². The molecular formula is C17H18N4O3S. The second-order valence-electron chi connectivity index (χ2n) is 5.23. The average molecular weight is 358 g/mol. The van der Waals surface area contributed by atoms with Crippen LogP contribution in [-0.4, -0.2) is 40.0 Å². The fraction of sp³-hybridized carbons (Fsp3) is 0.235. The number of pyridine rings is 1. The number of fused-ring (bicyclic) bond motifs is 1. The fourth-order valence-electron chi connectivity index (χ4n) is 2.27. The summed E-state index contributed by atoms with van der Waals surface area (Å²) >= 11 is 1.35. The molecule has 0 fully saturated rings. The lowest BCUT2D eigenvalue weighted by Crippen LogP contribution is -2.22. The van der Waals surface area contributed by atoms with E-state index in [1.807, 2.05) is 35.7 Å². The molecule has 0 saturated carbocycles. The summed E-state index contributed by atoms with van der Waals surface area (Å²) in [7, 11) is 3.12. The number of hydrogen-bond donors (Lipinski definition) is 1. The summed E-state index contributed by atoms with van der Waals surface area (Å²) in [5.74, 6) is 1.03. The Hall–Kier alpha value is -2.74.